The molecular weight excluding hydrogens is 312 g/mol. The summed E-state index contributed by atoms with van der Waals surface area (Å²) in [4.78, 5) is 34.9. The Bertz CT molecular complexity index is 738. The van der Waals surface area contributed by atoms with Gasteiger partial charge in [0.25, 0.3) is 0 Å². The molecule has 5 heteroatoms. The number of rotatable bonds is 7. The number of aliphatic carboxylic acids is 1. The average Bonchev–Trinajstić information content (AvgIpc) is 2.55. The Morgan fingerprint density at radius 1 is 1.00 bits per heavy atom. The summed E-state index contributed by atoms with van der Waals surface area (Å²) in [5.41, 5.74) is 2.46. The first-order valence-corrected chi connectivity index (χ1v) is 8.24. The van der Waals surface area contributed by atoms with E-state index in [1.807, 2.05) is 48.7 Å². The van der Waals surface area contributed by atoms with E-state index in [2.05, 4.69) is 0 Å². The van der Waals surface area contributed by atoms with Crippen LogP contribution in [0, 0.1) is 0 Å². The molecule has 4 nitrogen and oxygen atoms in total. The lowest BCUT2D eigenvalue weighted by Crippen LogP contribution is -2.17. The first-order chi connectivity index (χ1) is 11.0. The molecule has 2 aromatic carbocycles. The van der Waals surface area contributed by atoms with Crippen LogP contribution in [0.15, 0.2) is 53.4 Å². The van der Waals surface area contributed by atoms with Gasteiger partial charge in [-0.05, 0) is 35.9 Å². The van der Waals surface area contributed by atoms with Gasteiger partial charge in [0.05, 0.1) is 6.42 Å². The summed E-state index contributed by atoms with van der Waals surface area (Å²) in [5.74, 6) is -3.13. The summed E-state index contributed by atoms with van der Waals surface area (Å²) < 4.78 is 0. The summed E-state index contributed by atoms with van der Waals surface area (Å²) in [6.07, 6.45) is 1.89. The molecule has 0 fully saturated rings. The Balaban J connectivity index is 2.26. The van der Waals surface area contributed by atoms with E-state index in [0.29, 0.717) is 12.0 Å². The van der Waals surface area contributed by atoms with Gasteiger partial charge in [-0.2, -0.15) is 0 Å². The summed E-state index contributed by atoms with van der Waals surface area (Å²) in [7, 11) is 0. The van der Waals surface area contributed by atoms with Crippen molar-refractivity contribution in [2.75, 3.05) is 6.26 Å². The van der Waals surface area contributed by atoms with Crippen LogP contribution in [0.5, 0.6) is 0 Å². The molecule has 0 aliphatic carbocycles. The van der Waals surface area contributed by atoms with Crippen molar-refractivity contribution in [1.29, 1.82) is 0 Å². The highest BCUT2D eigenvalue weighted by Gasteiger charge is 2.20. The quantitative estimate of drug-likeness (QED) is 0.366. The molecule has 0 unspecified atom stereocenters. The Hall–Kier alpha value is -2.40. The molecule has 0 bridgehead atoms. The third kappa shape index (κ3) is 4.53. The van der Waals surface area contributed by atoms with E-state index in [4.69, 9.17) is 5.11 Å². The van der Waals surface area contributed by atoms with Crippen LogP contribution in [-0.4, -0.2) is 28.9 Å². The largest absolute Gasteiger partial charge is 0.475 e. The normalized spacial score (nSPS) is 10.3. The number of ketones is 2. The number of hydrogen-bond acceptors (Lipinski definition) is 4. The monoisotopic (exact) mass is 328 g/mol. The van der Waals surface area contributed by atoms with Crippen LogP contribution in [-0.2, 0) is 16.0 Å². The van der Waals surface area contributed by atoms with E-state index < -0.39 is 24.0 Å². The van der Waals surface area contributed by atoms with Gasteiger partial charge >= 0.3 is 5.97 Å². The van der Waals surface area contributed by atoms with E-state index >= 15 is 0 Å². The lowest BCUT2D eigenvalue weighted by Gasteiger charge is -2.09. The van der Waals surface area contributed by atoms with Crippen LogP contribution in [0.4, 0.5) is 0 Å². The van der Waals surface area contributed by atoms with E-state index in [-0.39, 0.29) is 0 Å². The molecular formula is C18H16O4S. The minimum absolute atomic E-state index is 0.403. The highest BCUT2D eigenvalue weighted by atomic mass is 32.2. The van der Waals surface area contributed by atoms with Crippen LogP contribution in [0.25, 0.3) is 0 Å². The minimum Gasteiger partial charge on any atom is -0.475 e. The number of Topliss-reactive ketones (excluding diaryl/α,β-unsaturated/α-hetero) is 2. The first kappa shape index (κ1) is 17.0. The van der Waals surface area contributed by atoms with Crippen LogP contribution in [0.3, 0.4) is 0 Å². The van der Waals surface area contributed by atoms with Crippen molar-refractivity contribution in [3.05, 3.63) is 65.2 Å². The second-order valence-electron chi connectivity index (χ2n) is 5.03. The smallest absolute Gasteiger partial charge is 0.372 e. The molecule has 0 saturated carbocycles. The number of carbonyl (C=O) groups excluding carboxylic acids is 2. The fourth-order valence-corrected chi connectivity index (χ4v) is 2.83. The highest BCUT2D eigenvalue weighted by molar-refractivity contribution is 7.98. The SMILES string of the molecule is CSc1ccc(Cc2ccccc2)cc1C(=O)CC(=O)C(=O)O. The summed E-state index contributed by atoms with van der Waals surface area (Å²) in [6.45, 7) is 0. The zero-order valence-corrected chi connectivity index (χ0v) is 13.4. The summed E-state index contributed by atoms with van der Waals surface area (Å²) >= 11 is 1.39. The lowest BCUT2D eigenvalue weighted by atomic mass is 9.99. The van der Waals surface area contributed by atoms with Gasteiger partial charge in [0.1, 0.15) is 0 Å². The predicted octanol–water partition coefficient (Wildman–Crippen LogP) is 3.23. The second kappa shape index (κ2) is 7.74. The van der Waals surface area contributed by atoms with Gasteiger partial charge in [0.2, 0.25) is 5.78 Å². The fourth-order valence-electron chi connectivity index (χ4n) is 2.23. The Labute approximate surface area is 138 Å². The minimum atomic E-state index is -1.58. The molecule has 0 atom stereocenters. The molecule has 0 aromatic heterocycles. The summed E-state index contributed by atoms with van der Waals surface area (Å²) in [5, 5.41) is 8.65. The summed E-state index contributed by atoms with van der Waals surface area (Å²) in [6, 6.07) is 15.3. The standard InChI is InChI=1S/C18H16O4S/c1-23-17-8-7-13(9-12-5-3-2-4-6-12)10-14(17)15(19)11-16(20)18(21)22/h2-8,10H,9,11H2,1H3,(H,21,22). The van der Waals surface area contributed by atoms with Gasteiger partial charge in [-0.25, -0.2) is 4.79 Å². The van der Waals surface area contributed by atoms with Crippen molar-refractivity contribution in [3.8, 4) is 0 Å². The number of carboxylic acids is 1. The van der Waals surface area contributed by atoms with Crippen molar-refractivity contribution in [3.63, 3.8) is 0 Å². The third-order valence-corrected chi connectivity index (χ3v) is 4.17. The average molecular weight is 328 g/mol. The van der Waals surface area contributed by atoms with E-state index in [1.165, 1.54) is 11.8 Å². The van der Waals surface area contributed by atoms with E-state index in [0.717, 1.165) is 16.0 Å². The zero-order chi connectivity index (χ0) is 16.8. The second-order valence-corrected chi connectivity index (χ2v) is 5.87. The Morgan fingerprint density at radius 3 is 2.30 bits per heavy atom. The number of thioether (sulfide) groups is 1. The van der Waals surface area contributed by atoms with Crippen molar-refractivity contribution in [1.82, 2.24) is 0 Å². The number of carbonyl (C=O) groups is 3. The molecule has 0 radical (unpaired) electrons. The number of carboxylic acid groups (broad SMARTS) is 1. The molecule has 0 saturated heterocycles. The first-order valence-electron chi connectivity index (χ1n) is 7.01. The molecule has 23 heavy (non-hydrogen) atoms. The molecule has 2 rings (SSSR count). The van der Waals surface area contributed by atoms with Gasteiger partial charge < -0.3 is 5.11 Å². The molecule has 1 N–H and O–H groups in total. The Kier molecular flexibility index (Phi) is 5.71. The van der Waals surface area contributed by atoms with Gasteiger partial charge in [0, 0.05) is 10.5 Å². The molecule has 0 aliphatic heterocycles. The van der Waals surface area contributed by atoms with Crippen LogP contribution < -0.4 is 0 Å². The molecule has 0 spiro atoms. The molecule has 118 valence electrons. The maximum absolute atomic E-state index is 12.2. The number of hydrogen-bond donors (Lipinski definition) is 1. The predicted molar refractivity (Wildman–Crippen MR) is 89.1 cm³/mol. The van der Waals surface area contributed by atoms with Gasteiger partial charge in [-0.3, -0.25) is 9.59 Å². The maximum atomic E-state index is 12.2. The van der Waals surface area contributed by atoms with Crippen LogP contribution in [0.2, 0.25) is 0 Å². The maximum Gasteiger partial charge on any atom is 0.372 e. The molecule has 0 aliphatic rings. The van der Waals surface area contributed by atoms with Crippen molar-refractivity contribution in [2.45, 2.75) is 17.7 Å². The molecule has 0 amide bonds. The molecule has 2 aromatic rings. The lowest BCUT2D eigenvalue weighted by molar-refractivity contribution is -0.148. The van der Waals surface area contributed by atoms with Crippen molar-refractivity contribution < 1.29 is 19.5 Å². The third-order valence-electron chi connectivity index (χ3n) is 3.38. The molecule has 0 heterocycles. The van der Waals surface area contributed by atoms with Crippen molar-refractivity contribution >= 4 is 29.3 Å². The van der Waals surface area contributed by atoms with Gasteiger partial charge in [-0.1, -0.05) is 36.4 Å². The van der Waals surface area contributed by atoms with E-state index in [9.17, 15) is 14.4 Å². The highest BCUT2D eigenvalue weighted by Crippen LogP contribution is 2.24. The fraction of sp³-hybridized carbons (Fsp3) is 0.167. The van der Waals surface area contributed by atoms with E-state index in [1.54, 1.807) is 6.07 Å². The number of benzene rings is 2. The van der Waals surface area contributed by atoms with Crippen LogP contribution >= 0.6 is 11.8 Å². The zero-order valence-electron chi connectivity index (χ0n) is 12.6. The van der Waals surface area contributed by atoms with Crippen LogP contribution in [0.1, 0.15) is 27.9 Å². The van der Waals surface area contributed by atoms with Crippen molar-refractivity contribution in [2.24, 2.45) is 0 Å². The Morgan fingerprint density at radius 2 is 1.70 bits per heavy atom. The van der Waals surface area contributed by atoms with Gasteiger partial charge in [-0.15, -0.1) is 11.8 Å². The topological polar surface area (TPSA) is 71.4 Å². The van der Waals surface area contributed by atoms with Gasteiger partial charge in [0.15, 0.2) is 5.78 Å².